The van der Waals surface area contributed by atoms with E-state index in [1.54, 1.807) is 19.0 Å². The number of phenolic OH excluding ortho intramolecular Hbond substituents is 3. The van der Waals surface area contributed by atoms with Gasteiger partial charge in [-0.1, -0.05) is 0 Å². The van der Waals surface area contributed by atoms with Gasteiger partial charge in [-0.15, -0.1) is 0 Å². The van der Waals surface area contributed by atoms with Gasteiger partial charge < -0.3 is 20.2 Å². The zero-order chi connectivity index (χ0) is 11.6. The van der Waals surface area contributed by atoms with Crippen LogP contribution in [-0.2, 0) is 6.54 Å². The third kappa shape index (κ3) is 2.19. The summed E-state index contributed by atoms with van der Waals surface area (Å²) in [6, 6.07) is 1.34. The van der Waals surface area contributed by atoms with Crippen molar-refractivity contribution in [1.82, 2.24) is 4.90 Å². The van der Waals surface area contributed by atoms with Crippen LogP contribution in [0, 0.1) is 0 Å². The van der Waals surface area contributed by atoms with Crippen molar-refractivity contribution in [2.45, 2.75) is 6.54 Å². The molecule has 5 nitrogen and oxygen atoms in total. The van der Waals surface area contributed by atoms with E-state index in [0.717, 1.165) is 0 Å². The van der Waals surface area contributed by atoms with E-state index < -0.39 is 17.2 Å². The molecular formula is C10H13NO4. The van der Waals surface area contributed by atoms with E-state index in [4.69, 9.17) is 0 Å². The maximum atomic E-state index is 10.6. The topological polar surface area (TPSA) is 81.0 Å². The molecule has 0 saturated heterocycles. The van der Waals surface area contributed by atoms with Crippen molar-refractivity contribution >= 4 is 6.29 Å². The van der Waals surface area contributed by atoms with E-state index in [0.29, 0.717) is 18.4 Å². The van der Waals surface area contributed by atoms with Gasteiger partial charge in [0.1, 0.15) is 0 Å². The quantitative estimate of drug-likeness (QED) is 0.506. The smallest absolute Gasteiger partial charge is 0.201 e. The molecule has 0 bridgehead atoms. The van der Waals surface area contributed by atoms with Crippen LogP contribution in [0.4, 0.5) is 0 Å². The zero-order valence-corrected chi connectivity index (χ0v) is 8.56. The fraction of sp³-hybridized carbons (Fsp3) is 0.300. The van der Waals surface area contributed by atoms with Gasteiger partial charge in [0.25, 0.3) is 0 Å². The van der Waals surface area contributed by atoms with Gasteiger partial charge in [0.15, 0.2) is 17.8 Å². The molecule has 3 N–H and O–H groups in total. The predicted molar refractivity (Wildman–Crippen MR) is 54.2 cm³/mol. The lowest BCUT2D eigenvalue weighted by atomic mass is 10.1. The lowest BCUT2D eigenvalue weighted by molar-refractivity contribution is 0.112. The minimum Gasteiger partial charge on any atom is -0.504 e. The van der Waals surface area contributed by atoms with E-state index in [2.05, 4.69) is 0 Å². The molecule has 0 unspecified atom stereocenters. The minimum atomic E-state index is -0.656. The largest absolute Gasteiger partial charge is 0.504 e. The van der Waals surface area contributed by atoms with Crippen LogP contribution in [0.3, 0.4) is 0 Å². The Labute approximate surface area is 87.2 Å². The first-order chi connectivity index (χ1) is 6.97. The summed E-state index contributed by atoms with van der Waals surface area (Å²) in [6.07, 6.45) is 0.424. The van der Waals surface area contributed by atoms with Crippen LogP contribution in [-0.4, -0.2) is 40.6 Å². The van der Waals surface area contributed by atoms with E-state index in [1.807, 2.05) is 0 Å². The van der Waals surface area contributed by atoms with Crippen molar-refractivity contribution in [2.24, 2.45) is 0 Å². The first-order valence-corrected chi connectivity index (χ1v) is 4.34. The first-order valence-electron chi connectivity index (χ1n) is 4.34. The molecule has 0 aromatic heterocycles. The molecule has 0 radical (unpaired) electrons. The normalized spacial score (nSPS) is 10.6. The Morgan fingerprint density at radius 1 is 1.20 bits per heavy atom. The average molecular weight is 211 g/mol. The highest BCUT2D eigenvalue weighted by molar-refractivity contribution is 5.82. The second kappa shape index (κ2) is 4.18. The van der Waals surface area contributed by atoms with Gasteiger partial charge in [-0.25, -0.2) is 0 Å². The van der Waals surface area contributed by atoms with Crippen molar-refractivity contribution in [3.8, 4) is 17.2 Å². The van der Waals surface area contributed by atoms with E-state index >= 15 is 0 Å². The molecule has 0 aliphatic heterocycles. The predicted octanol–water partition coefficient (Wildman–Crippen LogP) is 0.677. The third-order valence-electron chi connectivity index (χ3n) is 1.97. The summed E-state index contributed by atoms with van der Waals surface area (Å²) in [5.41, 5.74) is 0.347. The Morgan fingerprint density at radius 2 is 1.80 bits per heavy atom. The van der Waals surface area contributed by atoms with E-state index in [9.17, 15) is 20.1 Å². The Hall–Kier alpha value is -1.75. The van der Waals surface area contributed by atoms with Crippen molar-refractivity contribution in [1.29, 1.82) is 0 Å². The Kier molecular flexibility index (Phi) is 3.16. The van der Waals surface area contributed by atoms with Crippen LogP contribution >= 0.6 is 0 Å². The van der Waals surface area contributed by atoms with Crippen LogP contribution in [0.2, 0.25) is 0 Å². The van der Waals surface area contributed by atoms with Crippen LogP contribution in [0.15, 0.2) is 6.07 Å². The molecule has 0 aliphatic rings. The maximum Gasteiger partial charge on any atom is 0.201 e. The number of hydrogen-bond acceptors (Lipinski definition) is 5. The summed E-state index contributed by atoms with van der Waals surface area (Å²) < 4.78 is 0. The summed E-state index contributed by atoms with van der Waals surface area (Å²) in [7, 11) is 3.56. The Bertz CT molecular complexity index is 387. The molecule has 82 valence electrons. The van der Waals surface area contributed by atoms with E-state index in [1.165, 1.54) is 6.07 Å². The number of carbonyl (C=O) groups excluding carboxylic acids is 1. The summed E-state index contributed by atoms with van der Waals surface area (Å²) in [5, 5.41) is 28.1. The number of aromatic hydroxyl groups is 3. The molecule has 0 spiro atoms. The van der Waals surface area contributed by atoms with Gasteiger partial charge in [-0.3, -0.25) is 4.79 Å². The number of aldehydes is 1. The SMILES string of the molecule is CN(C)Cc1cc(C=O)c(O)c(O)c1O. The standard InChI is InChI=1S/C10H13NO4/c1-11(2)4-6-3-7(5-12)9(14)10(15)8(6)13/h3,5,13-15H,4H2,1-2H3. The van der Waals surface area contributed by atoms with Gasteiger partial charge in [0, 0.05) is 12.1 Å². The minimum absolute atomic E-state index is 0.0397. The second-order valence-electron chi connectivity index (χ2n) is 3.53. The van der Waals surface area contributed by atoms with E-state index in [-0.39, 0.29) is 5.56 Å². The second-order valence-corrected chi connectivity index (χ2v) is 3.53. The highest BCUT2D eigenvalue weighted by Crippen LogP contribution is 2.39. The first kappa shape index (κ1) is 11.3. The van der Waals surface area contributed by atoms with Gasteiger partial charge in [0.2, 0.25) is 5.75 Å². The molecule has 0 saturated carbocycles. The molecule has 1 aromatic rings. The lowest BCUT2D eigenvalue weighted by Gasteiger charge is -2.13. The average Bonchev–Trinajstić information content (AvgIpc) is 2.18. The van der Waals surface area contributed by atoms with Crippen molar-refractivity contribution < 1.29 is 20.1 Å². The Balaban J connectivity index is 3.28. The van der Waals surface area contributed by atoms with Gasteiger partial charge in [0.05, 0.1) is 5.56 Å². The number of carbonyl (C=O) groups is 1. The molecule has 1 rings (SSSR count). The van der Waals surface area contributed by atoms with Crippen LogP contribution in [0.5, 0.6) is 17.2 Å². The zero-order valence-electron chi connectivity index (χ0n) is 8.56. The fourth-order valence-electron chi connectivity index (χ4n) is 1.28. The fourth-order valence-corrected chi connectivity index (χ4v) is 1.28. The summed E-state index contributed by atoms with van der Waals surface area (Å²) >= 11 is 0. The van der Waals surface area contributed by atoms with Crippen LogP contribution in [0.1, 0.15) is 15.9 Å². The van der Waals surface area contributed by atoms with Crippen molar-refractivity contribution in [3.05, 3.63) is 17.2 Å². The maximum absolute atomic E-state index is 10.6. The number of nitrogens with zero attached hydrogens (tertiary/aromatic N) is 1. The van der Waals surface area contributed by atoms with Crippen LogP contribution < -0.4 is 0 Å². The summed E-state index contributed by atoms with van der Waals surface area (Å²) in [5.74, 6) is -1.65. The molecule has 0 amide bonds. The number of phenols is 3. The van der Waals surface area contributed by atoms with Crippen molar-refractivity contribution in [3.63, 3.8) is 0 Å². The molecule has 0 aliphatic carbocycles. The molecule has 0 atom stereocenters. The van der Waals surface area contributed by atoms with Crippen molar-refractivity contribution in [2.75, 3.05) is 14.1 Å². The van der Waals surface area contributed by atoms with Crippen LogP contribution in [0.25, 0.3) is 0 Å². The van der Waals surface area contributed by atoms with Gasteiger partial charge in [-0.05, 0) is 20.2 Å². The monoisotopic (exact) mass is 211 g/mol. The number of hydrogen-bond donors (Lipinski definition) is 3. The molecule has 5 heteroatoms. The molecule has 1 aromatic carbocycles. The molecule has 0 heterocycles. The molecular weight excluding hydrogens is 198 g/mol. The molecule has 15 heavy (non-hydrogen) atoms. The molecule has 0 fully saturated rings. The highest BCUT2D eigenvalue weighted by atomic mass is 16.3. The number of rotatable bonds is 3. The summed E-state index contributed by atoms with van der Waals surface area (Å²) in [6.45, 7) is 0.362. The Morgan fingerprint density at radius 3 is 2.27 bits per heavy atom. The van der Waals surface area contributed by atoms with Gasteiger partial charge in [-0.2, -0.15) is 0 Å². The highest BCUT2D eigenvalue weighted by Gasteiger charge is 2.16. The lowest BCUT2D eigenvalue weighted by Crippen LogP contribution is -2.11. The number of benzene rings is 1. The van der Waals surface area contributed by atoms with Gasteiger partial charge >= 0.3 is 0 Å². The summed E-state index contributed by atoms with van der Waals surface area (Å²) in [4.78, 5) is 12.3. The third-order valence-corrected chi connectivity index (χ3v) is 1.97.